The van der Waals surface area contributed by atoms with Gasteiger partial charge in [-0.1, -0.05) is 6.42 Å². The molecule has 0 atom stereocenters. The Morgan fingerprint density at radius 2 is 2.22 bits per heavy atom. The molecule has 1 heterocycles. The quantitative estimate of drug-likeness (QED) is 0.883. The van der Waals surface area contributed by atoms with E-state index in [1.807, 2.05) is 18.2 Å². The van der Waals surface area contributed by atoms with E-state index < -0.39 is 0 Å². The summed E-state index contributed by atoms with van der Waals surface area (Å²) in [5.41, 5.74) is 3.24. The summed E-state index contributed by atoms with van der Waals surface area (Å²) in [6.45, 7) is 1.83. The Hall–Kier alpha value is -1.22. The lowest BCUT2D eigenvalue weighted by atomic mass is 9.85. The summed E-state index contributed by atoms with van der Waals surface area (Å²) >= 11 is 0. The number of amides is 1. The maximum atomic E-state index is 12.0. The monoisotopic (exact) mass is 266 g/mol. The molecule has 0 saturated heterocycles. The van der Waals surface area contributed by atoms with Crippen LogP contribution in [0.3, 0.4) is 0 Å². The molecule has 18 heavy (non-hydrogen) atoms. The molecular weight excluding hydrogens is 248 g/mol. The van der Waals surface area contributed by atoms with E-state index in [0.717, 1.165) is 31.0 Å². The van der Waals surface area contributed by atoms with E-state index in [4.69, 9.17) is 0 Å². The fourth-order valence-corrected chi connectivity index (χ4v) is 2.48. The Balaban J connectivity index is 0.00000120. The third-order valence-corrected chi connectivity index (χ3v) is 3.85. The van der Waals surface area contributed by atoms with Crippen LogP contribution in [0.5, 0.6) is 0 Å². The molecule has 0 unspecified atom stereocenters. The van der Waals surface area contributed by atoms with Crippen molar-refractivity contribution >= 4 is 24.0 Å². The Morgan fingerprint density at radius 3 is 2.94 bits per heavy atom. The van der Waals surface area contributed by atoms with Crippen LogP contribution in [0.15, 0.2) is 18.2 Å². The van der Waals surface area contributed by atoms with Gasteiger partial charge in [0.15, 0.2) is 0 Å². The van der Waals surface area contributed by atoms with Crippen LogP contribution in [0, 0.1) is 5.92 Å². The second kappa shape index (κ2) is 5.61. The van der Waals surface area contributed by atoms with Gasteiger partial charge in [-0.3, -0.25) is 4.79 Å². The highest BCUT2D eigenvalue weighted by atomic mass is 35.5. The molecule has 1 amide bonds. The van der Waals surface area contributed by atoms with E-state index in [2.05, 4.69) is 10.6 Å². The van der Waals surface area contributed by atoms with Crippen molar-refractivity contribution in [2.75, 3.05) is 18.4 Å². The third-order valence-electron chi connectivity index (χ3n) is 3.85. The smallest absolute Gasteiger partial charge is 0.251 e. The average molecular weight is 267 g/mol. The number of fused-ring (bicyclic) bond motifs is 1. The summed E-state index contributed by atoms with van der Waals surface area (Å²) in [7, 11) is 0. The van der Waals surface area contributed by atoms with E-state index >= 15 is 0 Å². The predicted molar refractivity (Wildman–Crippen MR) is 75.6 cm³/mol. The van der Waals surface area contributed by atoms with Crippen molar-refractivity contribution in [1.82, 2.24) is 5.32 Å². The topological polar surface area (TPSA) is 41.1 Å². The van der Waals surface area contributed by atoms with Crippen LogP contribution in [0.4, 0.5) is 5.69 Å². The SMILES string of the molecule is Cl.O=C(NCC1CCC1)c1ccc2c(c1)CCN2. The molecule has 0 aromatic heterocycles. The highest BCUT2D eigenvalue weighted by Gasteiger charge is 2.19. The van der Waals surface area contributed by atoms with Crippen molar-refractivity contribution in [3.63, 3.8) is 0 Å². The van der Waals surface area contributed by atoms with E-state index in [-0.39, 0.29) is 18.3 Å². The fraction of sp³-hybridized carbons (Fsp3) is 0.500. The van der Waals surface area contributed by atoms with Crippen LogP contribution < -0.4 is 10.6 Å². The molecule has 1 aromatic carbocycles. The van der Waals surface area contributed by atoms with Crippen LogP contribution in [0.1, 0.15) is 35.2 Å². The Kier molecular flexibility index (Phi) is 4.12. The van der Waals surface area contributed by atoms with Gasteiger partial charge in [-0.2, -0.15) is 0 Å². The number of nitrogens with one attached hydrogen (secondary N) is 2. The lowest BCUT2D eigenvalue weighted by molar-refractivity contribution is 0.0939. The number of carbonyl (C=O) groups is 1. The fourth-order valence-electron chi connectivity index (χ4n) is 2.48. The second-order valence-corrected chi connectivity index (χ2v) is 5.06. The summed E-state index contributed by atoms with van der Waals surface area (Å²) in [6.07, 6.45) is 4.90. The highest BCUT2D eigenvalue weighted by Crippen LogP contribution is 2.26. The van der Waals surface area contributed by atoms with Crippen molar-refractivity contribution in [1.29, 1.82) is 0 Å². The first-order valence-corrected chi connectivity index (χ1v) is 6.48. The highest BCUT2D eigenvalue weighted by molar-refractivity contribution is 5.95. The van der Waals surface area contributed by atoms with Crippen LogP contribution in [0.2, 0.25) is 0 Å². The summed E-state index contributed by atoms with van der Waals surface area (Å²) < 4.78 is 0. The van der Waals surface area contributed by atoms with Crippen LogP contribution >= 0.6 is 12.4 Å². The van der Waals surface area contributed by atoms with Gasteiger partial charge in [-0.05, 0) is 48.9 Å². The second-order valence-electron chi connectivity index (χ2n) is 5.06. The minimum absolute atomic E-state index is 0. The maximum absolute atomic E-state index is 12.0. The van der Waals surface area contributed by atoms with Crippen LogP contribution in [0.25, 0.3) is 0 Å². The van der Waals surface area contributed by atoms with Gasteiger partial charge >= 0.3 is 0 Å². The molecule has 1 fully saturated rings. The van der Waals surface area contributed by atoms with Gasteiger partial charge in [0.25, 0.3) is 5.91 Å². The lowest BCUT2D eigenvalue weighted by Crippen LogP contribution is -2.32. The lowest BCUT2D eigenvalue weighted by Gasteiger charge is -2.25. The van der Waals surface area contributed by atoms with Crippen molar-refractivity contribution in [3.8, 4) is 0 Å². The first-order chi connectivity index (χ1) is 8.33. The molecule has 0 radical (unpaired) electrons. The van der Waals surface area contributed by atoms with Crippen molar-refractivity contribution in [2.24, 2.45) is 5.92 Å². The van der Waals surface area contributed by atoms with E-state index in [1.54, 1.807) is 0 Å². The van der Waals surface area contributed by atoms with Gasteiger partial charge in [0.1, 0.15) is 0 Å². The molecule has 4 heteroatoms. The molecule has 1 aromatic rings. The summed E-state index contributed by atoms with van der Waals surface area (Å²) in [4.78, 5) is 12.0. The Labute approximate surface area is 114 Å². The zero-order chi connectivity index (χ0) is 11.7. The molecule has 2 N–H and O–H groups in total. The largest absolute Gasteiger partial charge is 0.384 e. The number of anilines is 1. The molecule has 1 aliphatic carbocycles. The molecule has 1 aliphatic heterocycles. The molecular formula is C14H19ClN2O. The molecule has 2 aliphatic rings. The van der Waals surface area contributed by atoms with Gasteiger partial charge in [0.2, 0.25) is 0 Å². The molecule has 0 bridgehead atoms. The normalized spacial score (nSPS) is 17.1. The van der Waals surface area contributed by atoms with Gasteiger partial charge in [-0.25, -0.2) is 0 Å². The first-order valence-electron chi connectivity index (χ1n) is 6.48. The van der Waals surface area contributed by atoms with Crippen molar-refractivity contribution < 1.29 is 4.79 Å². The molecule has 3 nitrogen and oxygen atoms in total. The number of hydrogen-bond donors (Lipinski definition) is 2. The van der Waals surface area contributed by atoms with Crippen molar-refractivity contribution in [3.05, 3.63) is 29.3 Å². The molecule has 3 rings (SSSR count). The van der Waals surface area contributed by atoms with Crippen LogP contribution in [-0.4, -0.2) is 19.0 Å². The predicted octanol–water partition coefficient (Wildman–Crippen LogP) is 2.61. The summed E-state index contributed by atoms with van der Waals surface area (Å²) in [5.74, 6) is 0.793. The minimum Gasteiger partial charge on any atom is -0.384 e. The zero-order valence-corrected chi connectivity index (χ0v) is 11.2. The van der Waals surface area contributed by atoms with Crippen molar-refractivity contribution in [2.45, 2.75) is 25.7 Å². The van der Waals surface area contributed by atoms with E-state index in [1.165, 1.54) is 30.5 Å². The average Bonchev–Trinajstić information content (AvgIpc) is 2.73. The Bertz CT molecular complexity index is 443. The first kappa shape index (κ1) is 13.2. The minimum atomic E-state index is 0. The molecule has 0 spiro atoms. The number of carbonyl (C=O) groups excluding carboxylic acids is 1. The van der Waals surface area contributed by atoms with Crippen LogP contribution in [-0.2, 0) is 6.42 Å². The molecule has 1 saturated carbocycles. The maximum Gasteiger partial charge on any atom is 0.251 e. The van der Waals surface area contributed by atoms with E-state index in [9.17, 15) is 4.79 Å². The van der Waals surface area contributed by atoms with Gasteiger partial charge in [0.05, 0.1) is 0 Å². The number of rotatable bonds is 3. The zero-order valence-electron chi connectivity index (χ0n) is 10.4. The standard InChI is InChI=1S/C14H18N2O.ClH/c17-14(16-9-10-2-1-3-10)12-4-5-13-11(8-12)6-7-15-13;/h4-5,8,10,15H,1-3,6-7,9H2,(H,16,17);1H. The van der Waals surface area contributed by atoms with Gasteiger partial charge in [-0.15, -0.1) is 12.4 Å². The summed E-state index contributed by atoms with van der Waals surface area (Å²) in [5, 5.41) is 6.34. The van der Waals surface area contributed by atoms with Gasteiger partial charge in [0, 0.05) is 24.3 Å². The van der Waals surface area contributed by atoms with Gasteiger partial charge < -0.3 is 10.6 Å². The number of hydrogen-bond acceptors (Lipinski definition) is 2. The Morgan fingerprint density at radius 1 is 1.39 bits per heavy atom. The molecule has 98 valence electrons. The van der Waals surface area contributed by atoms with E-state index in [0.29, 0.717) is 0 Å². The third kappa shape index (κ3) is 2.61. The summed E-state index contributed by atoms with van der Waals surface area (Å²) in [6, 6.07) is 5.94. The number of halogens is 1. The number of benzene rings is 1.